The molecule has 0 aromatic heterocycles. The number of hydrogen-bond acceptors (Lipinski definition) is 3. The van der Waals surface area contributed by atoms with E-state index in [9.17, 15) is 5.11 Å². The second-order valence-electron chi connectivity index (χ2n) is 3.41. The first-order chi connectivity index (χ1) is 4.52. The third kappa shape index (κ3) is 1.65. The normalized spacial score (nSPS) is 49.2. The van der Waals surface area contributed by atoms with Crippen LogP contribution in [0.2, 0.25) is 0 Å². The monoisotopic (exact) mass is 161 g/mol. The molecule has 1 fully saturated rings. The fraction of sp³-hybridized carbons (Fsp3) is 1.00. The molecule has 10 heavy (non-hydrogen) atoms. The van der Waals surface area contributed by atoms with Gasteiger partial charge in [-0.1, -0.05) is 0 Å². The minimum absolute atomic E-state index is 0.176. The van der Waals surface area contributed by atoms with E-state index in [1.165, 1.54) is 0 Å². The molecular weight excluding hydrogens is 146 g/mol. The molecule has 3 atom stereocenters. The summed E-state index contributed by atoms with van der Waals surface area (Å²) in [5.41, 5.74) is 5.65. The van der Waals surface area contributed by atoms with E-state index in [4.69, 9.17) is 5.73 Å². The summed E-state index contributed by atoms with van der Waals surface area (Å²) in [7, 11) is 0. The number of hydrogen-bond donors (Lipinski definition) is 3. The summed E-state index contributed by atoms with van der Waals surface area (Å²) in [6.07, 6.45) is 2.26. The number of rotatable bonds is 0. The average Bonchev–Trinajstić information content (AvgIpc) is 1.81. The fourth-order valence-corrected chi connectivity index (χ4v) is 1.54. The number of thiol groups is 1. The van der Waals surface area contributed by atoms with E-state index in [0.29, 0.717) is 6.42 Å². The molecule has 0 spiro atoms. The highest BCUT2D eigenvalue weighted by molar-refractivity contribution is 7.81. The van der Waals surface area contributed by atoms with E-state index in [1.54, 1.807) is 0 Å². The van der Waals surface area contributed by atoms with Crippen LogP contribution in [0.15, 0.2) is 0 Å². The van der Waals surface area contributed by atoms with Crippen LogP contribution in [0.5, 0.6) is 0 Å². The van der Waals surface area contributed by atoms with Gasteiger partial charge in [0.15, 0.2) is 0 Å². The number of aliphatic hydroxyl groups is 1. The molecule has 1 aliphatic carbocycles. The van der Waals surface area contributed by atoms with Crippen molar-refractivity contribution in [3.05, 3.63) is 0 Å². The van der Waals surface area contributed by atoms with E-state index in [0.717, 1.165) is 12.8 Å². The molecule has 1 aliphatic rings. The lowest BCUT2D eigenvalue weighted by Crippen LogP contribution is -2.44. The van der Waals surface area contributed by atoms with Crippen LogP contribution in [-0.4, -0.2) is 22.0 Å². The molecule has 3 N–H and O–H groups in total. The molecule has 60 valence electrons. The lowest BCUT2D eigenvalue weighted by Gasteiger charge is -2.36. The Morgan fingerprint density at radius 1 is 1.70 bits per heavy atom. The van der Waals surface area contributed by atoms with E-state index in [-0.39, 0.29) is 16.9 Å². The van der Waals surface area contributed by atoms with Gasteiger partial charge in [-0.3, -0.25) is 0 Å². The van der Waals surface area contributed by atoms with Gasteiger partial charge in [0.05, 0.1) is 6.10 Å². The zero-order valence-corrected chi connectivity index (χ0v) is 7.14. The van der Waals surface area contributed by atoms with Crippen molar-refractivity contribution in [2.24, 2.45) is 5.73 Å². The Morgan fingerprint density at radius 3 is 2.70 bits per heavy atom. The molecule has 0 aromatic rings. The minimum Gasteiger partial charge on any atom is -0.392 e. The highest BCUT2D eigenvalue weighted by atomic mass is 32.1. The minimum atomic E-state index is -0.334. The number of aliphatic hydroxyl groups excluding tert-OH is 1. The van der Waals surface area contributed by atoms with Gasteiger partial charge in [0.1, 0.15) is 0 Å². The molecule has 0 saturated heterocycles. The Labute approximate surface area is 67.2 Å². The molecule has 0 radical (unpaired) electrons. The first-order valence-corrected chi connectivity index (χ1v) is 4.13. The van der Waals surface area contributed by atoms with Gasteiger partial charge in [0.25, 0.3) is 0 Å². The molecule has 0 heterocycles. The topological polar surface area (TPSA) is 46.2 Å². The predicted molar refractivity (Wildman–Crippen MR) is 45.2 cm³/mol. The van der Waals surface area contributed by atoms with Crippen LogP contribution in [0.4, 0.5) is 0 Å². The van der Waals surface area contributed by atoms with E-state index in [1.807, 2.05) is 6.92 Å². The quantitative estimate of drug-likeness (QED) is 0.454. The molecule has 1 saturated carbocycles. The van der Waals surface area contributed by atoms with Gasteiger partial charge < -0.3 is 10.8 Å². The molecule has 0 amide bonds. The predicted octanol–water partition coefficient (Wildman–Crippen LogP) is 0.547. The largest absolute Gasteiger partial charge is 0.392 e. The second kappa shape index (κ2) is 2.72. The highest BCUT2D eigenvalue weighted by Crippen LogP contribution is 2.32. The smallest absolute Gasteiger partial charge is 0.0696 e. The first-order valence-electron chi connectivity index (χ1n) is 3.68. The summed E-state index contributed by atoms with van der Waals surface area (Å²) in [4.78, 5) is 0. The van der Waals surface area contributed by atoms with Crippen molar-refractivity contribution in [1.82, 2.24) is 0 Å². The van der Waals surface area contributed by atoms with Gasteiger partial charge in [-0.05, 0) is 26.2 Å². The van der Waals surface area contributed by atoms with Crippen LogP contribution in [0, 0.1) is 0 Å². The van der Waals surface area contributed by atoms with E-state index in [2.05, 4.69) is 12.6 Å². The van der Waals surface area contributed by atoms with Crippen molar-refractivity contribution in [1.29, 1.82) is 0 Å². The Balaban J connectivity index is 2.52. The van der Waals surface area contributed by atoms with Gasteiger partial charge in [-0.2, -0.15) is 12.6 Å². The van der Waals surface area contributed by atoms with Crippen LogP contribution in [0.25, 0.3) is 0 Å². The van der Waals surface area contributed by atoms with Crippen LogP contribution in [-0.2, 0) is 0 Å². The fourth-order valence-electron chi connectivity index (χ4n) is 1.30. The third-order valence-electron chi connectivity index (χ3n) is 2.27. The molecule has 1 rings (SSSR count). The highest BCUT2D eigenvalue weighted by Gasteiger charge is 2.34. The van der Waals surface area contributed by atoms with Gasteiger partial charge in [-0.25, -0.2) is 0 Å². The lowest BCUT2D eigenvalue weighted by molar-refractivity contribution is 0.0902. The van der Waals surface area contributed by atoms with Gasteiger partial charge >= 0.3 is 0 Å². The Morgan fingerprint density at radius 2 is 2.30 bits per heavy atom. The van der Waals surface area contributed by atoms with Gasteiger partial charge in [0.2, 0.25) is 0 Å². The first kappa shape index (κ1) is 8.37. The van der Waals surface area contributed by atoms with Crippen LogP contribution in [0.1, 0.15) is 26.2 Å². The summed E-state index contributed by atoms with van der Waals surface area (Å²) in [6, 6.07) is 0.176. The van der Waals surface area contributed by atoms with Crippen molar-refractivity contribution >= 4 is 12.6 Å². The molecule has 3 unspecified atom stereocenters. The molecule has 2 nitrogen and oxygen atoms in total. The summed E-state index contributed by atoms with van der Waals surface area (Å²) in [6.45, 7) is 1.96. The molecule has 0 aromatic carbocycles. The van der Waals surface area contributed by atoms with Crippen molar-refractivity contribution < 1.29 is 5.11 Å². The molecule has 0 aliphatic heterocycles. The standard InChI is InChI=1S/C7H15NOS/c1-7(10)3-2-5(8)4-6(7)9/h5-6,9-10H,2-4,8H2,1H3. The molecular formula is C7H15NOS. The summed E-state index contributed by atoms with van der Waals surface area (Å²) in [5.74, 6) is 0. The van der Waals surface area contributed by atoms with Gasteiger partial charge in [0, 0.05) is 10.8 Å². The van der Waals surface area contributed by atoms with E-state index >= 15 is 0 Å². The maximum atomic E-state index is 9.45. The van der Waals surface area contributed by atoms with Crippen LogP contribution < -0.4 is 5.73 Å². The zero-order valence-electron chi connectivity index (χ0n) is 6.25. The summed E-state index contributed by atoms with van der Waals surface area (Å²) in [5, 5.41) is 9.45. The maximum Gasteiger partial charge on any atom is 0.0696 e. The van der Waals surface area contributed by atoms with Gasteiger partial charge in [-0.15, -0.1) is 0 Å². The molecule has 0 bridgehead atoms. The van der Waals surface area contributed by atoms with Crippen molar-refractivity contribution in [3.63, 3.8) is 0 Å². The third-order valence-corrected chi connectivity index (χ3v) is 2.79. The Kier molecular flexibility index (Phi) is 2.28. The Bertz CT molecular complexity index is 127. The Hall–Kier alpha value is 0.270. The van der Waals surface area contributed by atoms with Crippen LogP contribution >= 0.6 is 12.6 Å². The second-order valence-corrected chi connectivity index (χ2v) is 4.43. The lowest BCUT2D eigenvalue weighted by atomic mass is 9.84. The molecule has 3 heteroatoms. The zero-order chi connectivity index (χ0) is 7.78. The summed E-state index contributed by atoms with van der Waals surface area (Å²) < 4.78 is -0.212. The van der Waals surface area contributed by atoms with Crippen LogP contribution in [0.3, 0.4) is 0 Å². The van der Waals surface area contributed by atoms with E-state index < -0.39 is 0 Å². The van der Waals surface area contributed by atoms with Crippen molar-refractivity contribution in [3.8, 4) is 0 Å². The SMILES string of the molecule is CC1(S)CCC(N)CC1O. The maximum absolute atomic E-state index is 9.45. The summed E-state index contributed by atoms with van der Waals surface area (Å²) >= 11 is 4.35. The number of nitrogens with two attached hydrogens (primary N) is 1. The average molecular weight is 161 g/mol. The van der Waals surface area contributed by atoms with Crippen molar-refractivity contribution in [2.75, 3.05) is 0 Å². The van der Waals surface area contributed by atoms with Crippen molar-refractivity contribution in [2.45, 2.75) is 43.1 Å².